The Balaban J connectivity index is 1.93. The maximum atomic E-state index is 12.2. The van der Waals surface area contributed by atoms with Crippen molar-refractivity contribution in [2.45, 2.75) is 13.0 Å². The SMILES string of the molecule is COc1ccc(C(=O)O[C@@H](C)C[NH+]2CCOCC2)cc1OC. The summed E-state index contributed by atoms with van der Waals surface area (Å²) in [5, 5.41) is 0. The van der Waals surface area contributed by atoms with E-state index in [2.05, 4.69) is 0 Å². The Kier molecular flexibility index (Phi) is 6.03. The molecule has 1 heterocycles. The van der Waals surface area contributed by atoms with Crippen LogP contribution >= 0.6 is 0 Å². The number of hydrogen-bond donors (Lipinski definition) is 1. The highest BCUT2D eigenvalue weighted by Gasteiger charge is 2.21. The lowest BCUT2D eigenvalue weighted by atomic mass is 10.2. The minimum absolute atomic E-state index is 0.145. The zero-order valence-electron chi connectivity index (χ0n) is 13.4. The Bertz CT molecular complexity index is 499. The summed E-state index contributed by atoms with van der Waals surface area (Å²) in [6, 6.07) is 5.01. The van der Waals surface area contributed by atoms with Crippen molar-refractivity contribution in [2.24, 2.45) is 0 Å². The van der Waals surface area contributed by atoms with Gasteiger partial charge in [-0.3, -0.25) is 0 Å². The van der Waals surface area contributed by atoms with Crippen LogP contribution in [0.1, 0.15) is 17.3 Å². The third kappa shape index (κ3) is 4.35. The minimum atomic E-state index is -0.346. The first-order valence-electron chi connectivity index (χ1n) is 7.48. The highest BCUT2D eigenvalue weighted by atomic mass is 16.5. The Morgan fingerprint density at radius 2 is 1.91 bits per heavy atom. The number of carbonyl (C=O) groups excluding carboxylic acids is 1. The summed E-state index contributed by atoms with van der Waals surface area (Å²) in [6.45, 7) is 6.16. The summed E-state index contributed by atoms with van der Waals surface area (Å²) in [5.41, 5.74) is 0.460. The van der Waals surface area contributed by atoms with Crippen molar-refractivity contribution in [2.75, 3.05) is 47.1 Å². The predicted octanol–water partition coefficient (Wildman–Crippen LogP) is 0.164. The van der Waals surface area contributed by atoms with Crippen LogP contribution in [0.15, 0.2) is 18.2 Å². The summed E-state index contributed by atoms with van der Waals surface area (Å²) in [4.78, 5) is 13.6. The van der Waals surface area contributed by atoms with Crippen LogP contribution in [0.2, 0.25) is 0 Å². The zero-order valence-corrected chi connectivity index (χ0v) is 13.4. The van der Waals surface area contributed by atoms with Gasteiger partial charge in [-0.15, -0.1) is 0 Å². The molecule has 122 valence electrons. The van der Waals surface area contributed by atoms with Gasteiger partial charge in [0.25, 0.3) is 0 Å². The lowest BCUT2D eigenvalue weighted by Gasteiger charge is -2.26. The van der Waals surface area contributed by atoms with Crippen LogP contribution in [0.4, 0.5) is 0 Å². The van der Waals surface area contributed by atoms with Crippen LogP contribution in [-0.4, -0.2) is 59.1 Å². The number of quaternary nitrogens is 1. The molecule has 6 nitrogen and oxygen atoms in total. The number of benzene rings is 1. The second-order valence-electron chi connectivity index (χ2n) is 5.35. The van der Waals surface area contributed by atoms with Crippen molar-refractivity contribution in [3.63, 3.8) is 0 Å². The molecule has 1 N–H and O–H groups in total. The smallest absolute Gasteiger partial charge is 0.338 e. The van der Waals surface area contributed by atoms with Gasteiger partial charge in [-0.1, -0.05) is 0 Å². The molecule has 0 bridgehead atoms. The zero-order chi connectivity index (χ0) is 15.9. The summed E-state index contributed by atoms with van der Waals surface area (Å²) in [5.74, 6) is 0.759. The van der Waals surface area contributed by atoms with E-state index in [1.165, 1.54) is 12.0 Å². The first-order chi connectivity index (χ1) is 10.6. The Hall–Kier alpha value is -1.79. The normalized spacial score (nSPS) is 16.9. The molecule has 1 saturated heterocycles. The number of hydrogen-bond acceptors (Lipinski definition) is 5. The number of morpholine rings is 1. The molecule has 0 radical (unpaired) electrons. The van der Waals surface area contributed by atoms with Gasteiger partial charge in [0, 0.05) is 0 Å². The topological polar surface area (TPSA) is 58.4 Å². The highest BCUT2D eigenvalue weighted by molar-refractivity contribution is 5.90. The second-order valence-corrected chi connectivity index (χ2v) is 5.35. The van der Waals surface area contributed by atoms with Crippen LogP contribution in [0, 0.1) is 0 Å². The molecule has 22 heavy (non-hydrogen) atoms. The standard InChI is InChI=1S/C16H23NO5/c1-12(11-17-6-8-21-9-7-17)22-16(18)13-4-5-14(19-2)15(10-13)20-3/h4-5,10,12H,6-9,11H2,1-3H3/p+1/t12-/m0/s1. The molecule has 0 unspecified atom stereocenters. The monoisotopic (exact) mass is 310 g/mol. The molecule has 1 fully saturated rings. The summed E-state index contributed by atoms with van der Waals surface area (Å²) < 4.78 is 21.2. The largest absolute Gasteiger partial charge is 0.493 e. The first kappa shape index (κ1) is 16.6. The minimum Gasteiger partial charge on any atom is -0.493 e. The maximum Gasteiger partial charge on any atom is 0.338 e. The van der Waals surface area contributed by atoms with Crippen LogP contribution in [0.3, 0.4) is 0 Å². The van der Waals surface area contributed by atoms with E-state index in [1.54, 1.807) is 25.3 Å². The van der Waals surface area contributed by atoms with Crippen molar-refractivity contribution >= 4 is 5.97 Å². The number of methoxy groups -OCH3 is 2. The van der Waals surface area contributed by atoms with Gasteiger partial charge in [-0.25, -0.2) is 4.79 Å². The van der Waals surface area contributed by atoms with Crippen molar-refractivity contribution in [3.05, 3.63) is 23.8 Å². The molecule has 0 aromatic heterocycles. The Labute approximate surface area is 130 Å². The van der Waals surface area contributed by atoms with Crippen LogP contribution in [0.5, 0.6) is 11.5 Å². The van der Waals surface area contributed by atoms with E-state index in [4.69, 9.17) is 18.9 Å². The molecule has 2 rings (SSSR count). The van der Waals surface area contributed by atoms with Crippen LogP contribution < -0.4 is 14.4 Å². The van der Waals surface area contributed by atoms with Crippen molar-refractivity contribution < 1.29 is 28.6 Å². The number of carbonyl (C=O) groups is 1. The number of nitrogens with one attached hydrogen (secondary N) is 1. The van der Waals surface area contributed by atoms with Crippen molar-refractivity contribution in [1.82, 2.24) is 0 Å². The molecule has 1 atom stereocenters. The molecule has 0 amide bonds. The maximum absolute atomic E-state index is 12.2. The van der Waals surface area contributed by atoms with Gasteiger partial charge in [-0.2, -0.15) is 0 Å². The average Bonchev–Trinajstić information content (AvgIpc) is 2.54. The van der Waals surface area contributed by atoms with Gasteiger partial charge >= 0.3 is 5.97 Å². The predicted molar refractivity (Wildman–Crippen MR) is 80.8 cm³/mol. The van der Waals surface area contributed by atoms with Crippen molar-refractivity contribution in [3.8, 4) is 11.5 Å². The number of rotatable bonds is 6. The van der Waals surface area contributed by atoms with Crippen LogP contribution in [0.25, 0.3) is 0 Å². The molecule has 6 heteroatoms. The number of esters is 1. The van der Waals surface area contributed by atoms with E-state index in [1.807, 2.05) is 6.92 Å². The third-order valence-electron chi connectivity index (χ3n) is 3.70. The fourth-order valence-corrected chi connectivity index (χ4v) is 2.53. The highest BCUT2D eigenvalue weighted by Crippen LogP contribution is 2.27. The summed E-state index contributed by atoms with van der Waals surface area (Å²) >= 11 is 0. The third-order valence-corrected chi connectivity index (χ3v) is 3.70. The molecule has 1 aromatic carbocycles. The van der Waals surface area contributed by atoms with E-state index < -0.39 is 0 Å². The summed E-state index contributed by atoms with van der Waals surface area (Å²) in [7, 11) is 3.10. The molecular formula is C16H24NO5+. The lowest BCUT2D eigenvalue weighted by Crippen LogP contribution is -3.15. The molecular weight excluding hydrogens is 286 g/mol. The average molecular weight is 310 g/mol. The van der Waals surface area contributed by atoms with E-state index in [-0.39, 0.29) is 12.1 Å². The van der Waals surface area contributed by atoms with Gasteiger partial charge in [0.15, 0.2) is 11.5 Å². The summed E-state index contributed by atoms with van der Waals surface area (Å²) in [6.07, 6.45) is -0.145. The molecule has 0 aliphatic carbocycles. The van der Waals surface area contributed by atoms with E-state index in [0.717, 1.165) is 32.8 Å². The van der Waals surface area contributed by atoms with Crippen LogP contribution in [-0.2, 0) is 9.47 Å². The molecule has 0 saturated carbocycles. The molecule has 1 aromatic rings. The van der Waals surface area contributed by atoms with E-state index >= 15 is 0 Å². The second kappa shape index (κ2) is 8.00. The molecule has 1 aliphatic rings. The van der Waals surface area contributed by atoms with Gasteiger partial charge in [0.05, 0.1) is 33.0 Å². The Morgan fingerprint density at radius 3 is 2.55 bits per heavy atom. The van der Waals surface area contributed by atoms with E-state index in [9.17, 15) is 4.79 Å². The van der Waals surface area contributed by atoms with Gasteiger partial charge in [-0.05, 0) is 25.1 Å². The number of ether oxygens (including phenoxy) is 4. The lowest BCUT2D eigenvalue weighted by molar-refractivity contribution is -0.910. The Morgan fingerprint density at radius 1 is 1.23 bits per heavy atom. The first-order valence-corrected chi connectivity index (χ1v) is 7.48. The fourth-order valence-electron chi connectivity index (χ4n) is 2.53. The van der Waals surface area contributed by atoms with E-state index in [0.29, 0.717) is 17.1 Å². The molecule has 0 spiro atoms. The van der Waals surface area contributed by atoms with Gasteiger partial charge < -0.3 is 23.8 Å². The van der Waals surface area contributed by atoms with Gasteiger partial charge in [0.1, 0.15) is 25.7 Å². The quantitative estimate of drug-likeness (QED) is 0.759. The van der Waals surface area contributed by atoms with Gasteiger partial charge in [0.2, 0.25) is 0 Å². The molecule has 1 aliphatic heterocycles. The fraction of sp³-hybridized carbons (Fsp3) is 0.562. The van der Waals surface area contributed by atoms with Crippen molar-refractivity contribution in [1.29, 1.82) is 0 Å².